The lowest BCUT2D eigenvalue weighted by atomic mass is 9.77. The molecule has 37 heavy (non-hydrogen) atoms. The van der Waals surface area contributed by atoms with Crippen molar-refractivity contribution in [2.75, 3.05) is 32.8 Å². The number of ketones is 1. The minimum Gasteiger partial charge on any atom is -0.506 e. The van der Waals surface area contributed by atoms with Crippen molar-refractivity contribution in [2.45, 2.75) is 48.6 Å². The molecule has 6 rings (SSSR count). The number of methoxy groups -OCH3 is 2. The first-order chi connectivity index (χ1) is 17.7. The number of hydrogen-bond acceptors (Lipinski definition) is 9. The minimum atomic E-state index is -1.92. The topological polar surface area (TPSA) is 113 Å². The number of phenols is 1. The molecule has 2 aromatic rings. The molecule has 2 aromatic carbocycles. The molecular weight excluding hydrogens is 572 g/mol. The van der Waals surface area contributed by atoms with E-state index in [2.05, 4.69) is 21.9 Å². The maximum absolute atomic E-state index is 12.9. The van der Waals surface area contributed by atoms with Crippen molar-refractivity contribution in [3.8, 4) is 29.6 Å². The number of rotatable bonds is 6. The van der Waals surface area contributed by atoms with Gasteiger partial charge in [0.25, 0.3) is 5.79 Å². The molecule has 2 bridgehead atoms. The van der Waals surface area contributed by atoms with Gasteiger partial charge in [0.1, 0.15) is 36.6 Å². The molecule has 5 atom stereocenters. The lowest BCUT2D eigenvalue weighted by molar-refractivity contribution is -0.351. The van der Waals surface area contributed by atoms with Crippen LogP contribution in [0.5, 0.6) is 17.2 Å². The van der Waals surface area contributed by atoms with Crippen LogP contribution in [0.1, 0.15) is 40.4 Å². The van der Waals surface area contributed by atoms with Gasteiger partial charge >= 0.3 is 0 Å². The summed E-state index contributed by atoms with van der Waals surface area (Å²) in [6, 6.07) is 1.66. The van der Waals surface area contributed by atoms with E-state index in [0.717, 1.165) is 0 Å². The molecule has 9 nitrogen and oxygen atoms in total. The van der Waals surface area contributed by atoms with Gasteiger partial charge in [-0.2, -0.15) is 0 Å². The van der Waals surface area contributed by atoms with Gasteiger partial charge in [0.15, 0.2) is 17.5 Å². The summed E-state index contributed by atoms with van der Waals surface area (Å²) in [5.41, 5.74) is -0.702. The first-order valence-electron chi connectivity index (χ1n) is 11.7. The molecule has 2 fully saturated rings. The van der Waals surface area contributed by atoms with E-state index in [0.29, 0.717) is 41.5 Å². The smallest absolute Gasteiger partial charge is 0.275 e. The molecule has 1 aliphatic carbocycles. The third-order valence-corrected chi connectivity index (χ3v) is 9.00. The van der Waals surface area contributed by atoms with Gasteiger partial charge in [-0.25, -0.2) is 0 Å². The molecule has 0 aromatic heterocycles. The summed E-state index contributed by atoms with van der Waals surface area (Å²) in [6.45, 7) is -0.236. The van der Waals surface area contributed by atoms with E-state index in [1.165, 1.54) is 14.2 Å². The molecule has 3 heterocycles. The van der Waals surface area contributed by atoms with Crippen LogP contribution in [0.2, 0.25) is 5.02 Å². The number of halogens is 2. The molecule has 0 amide bonds. The van der Waals surface area contributed by atoms with Crippen LogP contribution in [0.3, 0.4) is 0 Å². The number of aromatic hydroxyl groups is 1. The number of benzene rings is 2. The predicted octanol–water partition coefficient (Wildman–Crippen LogP) is 3.40. The van der Waals surface area contributed by atoms with Gasteiger partial charge in [0.2, 0.25) is 5.79 Å². The third kappa shape index (κ3) is 2.91. The number of carbonyl (C=O) groups is 1. The van der Waals surface area contributed by atoms with E-state index < -0.39 is 29.4 Å². The summed E-state index contributed by atoms with van der Waals surface area (Å²) in [5.74, 6) is -0.984. The number of aliphatic hydroxyl groups is 1. The lowest BCUT2D eigenvalue weighted by Gasteiger charge is -2.53. The largest absolute Gasteiger partial charge is 0.506 e. The molecule has 0 spiro atoms. The average molecular weight is 596 g/mol. The standard InChI is InChI=1S/C26H24BrClO9/c1-4-8-34-11-25-24(31,10-27)26(33-3)23(37-25)22(35-25)18-14(28)9-13-17(21(18)36-26)19(30)16-12(20(13)32-2)6-5-7-15(16)29/h1,9,22-23,30-31H,5-8,10-11H2,2-3H3/t22?,23?,24-,25?,26-/m1/s1. The Hall–Kier alpha value is -2.10. The molecular formula is C26H24BrClO9. The van der Waals surface area contributed by atoms with Crippen LogP contribution in [-0.2, 0) is 25.4 Å². The van der Waals surface area contributed by atoms with Gasteiger partial charge in [-0.15, -0.1) is 6.42 Å². The second kappa shape index (κ2) is 8.45. The minimum absolute atomic E-state index is 0.0300. The number of ether oxygens (including phenoxy) is 6. The van der Waals surface area contributed by atoms with Crippen LogP contribution in [0.4, 0.5) is 0 Å². The summed E-state index contributed by atoms with van der Waals surface area (Å²) in [4.78, 5) is 12.9. The van der Waals surface area contributed by atoms with E-state index in [1.54, 1.807) is 6.07 Å². The van der Waals surface area contributed by atoms with E-state index in [-0.39, 0.29) is 51.8 Å². The lowest BCUT2D eigenvalue weighted by Crippen LogP contribution is -2.74. The van der Waals surface area contributed by atoms with E-state index in [4.69, 9.17) is 46.4 Å². The van der Waals surface area contributed by atoms with Gasteiger partial charge in [-0.05, 0) is 18.9 Å². The molecule has 0 radical (unpaired) electrons. The van der Waals surface area contributed by atoms with Crippen LogP contribution in [0, 0.1) is 12.3 Å². The zero-order valence-electron chi connectivity index (χ0n) is 20.1. The Morgan fingerprint density at radius 2 is 2.11 bits per heavy atom. The molecule has 3 unspecified atom stereocenters. The van der Waals surface area contributed by atoms with E-state index in [1.807, 2.05) is 0 Å². The Bertz CT molecular complexity index is 1390. The molecule has 3 aliphatic heterocycles. The quantitative estimate of drug-likeness (QED) is 0.295. The van der Waals surface area contributed by atoms with Gasteiger partial charge < -0.3 is 38.6 Å². The highest BCUT2D eigenvalue weighted by atomic mass is 79.9. The van der Waals surface area contributed by atoms with Crippen molar-refractivity contribution >= 4 is 44.1 Å². The van der Waals surface area contributed by atoms with Crippen LogP contribution < -0.4 is 9.47 Å². The highest BCUT2D eigenvalue weighted by Crippen LogP contribution is 2.67. The predicted molar refractivity (Wildman–Crippen MR) is 135 cm³/mol. The average Bonchev–Trinajstić information content (AvgIpc) is 3.37. The van der Waals surface area contributed by atoms with Crippen molar-refractivity contribution < 1.29 is 43.4 Å². The third-order valence-electron chi connectivity index (χ3n) is 7.88. The Morgan fingerprint density at radius 1 is 1.32 bits per heavy atom. The van der Waals surface area contributed by atoms with Crippen molar-refractivity contribution in [2.24, 2.45) is 0 Å². The summed E-state index contributed by atoms with van der Waals surface area (Å²) in [5, 5.41) is 24.4. The number of phenolic OH excluding ortho intramolecular Hbond substituents is 1. The number of carbonyl (C=O) groups excluding carboxylic acids is 1. The number of hydrogen-bond donors (Lipinski definition) is 2. The number of alkyl halides is 1. The Balaban J connectivity index is 1.64. The van der Waals surface area contributed by atoms with Crippen molar-refractivity contribution in [1.82, 2.24) is 0 Å². The fourth-order valence-corrected chi connectivity index (χ4v) is 7.41. The van der Waals surface area contributed by atoms with Gasteiger partial charge in [-0.3, -0.25) is 4.79 Å². The molecule has 2 N–H and O–H groups in total. The number of fused-ring (bicyclic) bond motifs is 6. The van der Waals surface area contributed by atoms with Crippen molar-refractivity contribution in [1.29, 1.82) is 0 Å². The van der Waals surface area contributed by atoms with Crippen molar-refractivity contribution in [3.63, 3.8) is 0 Å². The molecule has 11 heteroatoms. The SMILES string of the molecule is C#CCOCC12OC3c4c(Cl)cc5c(OC)c6c(c(O)c5c4O[C@](OC)(C3O1)[C@@]2(O)CBr)C(=O)CCC6. The fraction of sp³-hybridized carbons (Fsp3) is 0.500. The molecule has 0 saturated carbocycles. The Morgan fingerprint density at radius 3 is 2.78 bits per heavy atom. The van der Waals surface area contributed by atoms with Gasteiger partial charge in [0.05, 0.1) is 23.1 Å². The fourth-order valence-electron chi connectivity index (χ4n) is 6.29. The molecule has 196 valence electrons. The monoisotopic (exact) mass is 594 g/mol. The Labute approximate surface area is 226 Å². The second-order valence-electron chi connectivity index (χ2n) is 9.53. The van der Waals surface area contributed by atoms with Crippen LogP contribution in [-0.4, -0.2) is 72.0 Å². The van der Waals surface area contributed by atoms with Gasteiger partial charge in [0, 0.05) is 35.4 Å². The van der Waals surface area contributed by atoms with Crippen LogP contribution in [0.25, 0.3) is 10.8 Å². The highest BCUT2D eigenvalue weighted by molar-refractivity contribution is 9.09. The number of terminal acetylenes is 1. The Kier molecular flexibility index (Phi) is 5.75. The number of Topliss-reactive ketones (excluding diaryl/α,β-unsaturated/α-hetero) is 1. The maximum atomic E-state index is 12.9. The maximum Gasteiger partial charge on any atom is 0.275 e. The van der Waals surface area contributed by atoms with Gasteiger partial charge in [-0.1, -0.05) is 33.5 Å². The first-order valence-corrected chi connectivity index (χ1v) is 13.2. The zero-order valence-corrected chi connectivity index (χ0v) is 22.4. The summed E-state index contributed by atoms with van der Waals surface area (Å²) >= 11 is 10.2. The summed E-state index contributed by atoms with van der Waals surface area (Å²) < 4.78 is 36.3. The van der Waals surface area contributed by atoms with Crippen LogP contribution in [0.15, 0.2) is 6.07 Å². The summed E-state index contributed by atoms with van der Waals surface area (Å²) in [7, 11) is 2.88. The van der Waals surface area contributed by atoms with E-state index in [9.17, 15) is 15.0 Å². The normalized spacial score (nSPS) is 33.1. The first kappa shape index (κ1) is 25.2. The zero-order chi connectivity index (χ0) is 26.3. The summed E-state index contributed by atoms with van der Waals surface area (Å²) in [6.07, 6.45) is 5.05. The molecule has 2 saturated heterocycles. The van der Waals surface area contributed by atoms with Crippen LogP contribution >= 0.6 is 27.5 Å². The highest BCUT2D eigenvalue weighted by Gasteiger charge is 2.85. The van der Waals surface area contributed by atoms with Crippen molar-refractivity contribution in [3.05, 3.63) is 27.8 Å². The second-order valence-corrected chi connectivity index (χ2v) is 10.5. The molecule has 4 aliphatic rings. The van der Waals surface area contributed by atoms with E-state index >= 15 is 0 Å².